The van der Waals surface area contributed by atoms with E-state index >= 15 is 0 Å². The zero-order valence-electron chi connectivity index (χ0n) is 19.6. The molecule has 4 rings (SSSR count). The topological polar surface area (TPSA) is 109 Å². The SMILES string of the molecule is CC1(C)OB(c2ccc(NC(=O)NC3(c4ccnc(C#N)n4)CCCCC3)cc2)OC1(C)C. The molecule has 0 radical (unpaired) electrons. The molecule has 0 spiro atoms. The van der Waals surface area contributed by atoms with Gasteiger partial charge in [-0.15, -0.1) is 0 Å². The second kappa shape index (κ2) is 8.77. The van der Waals surface area contributed by atoms with Crippen molar-refractivity contribution in [1.29, 1.82) is 5.26 Å². The first-order chi connectivity index (χ1) is 15.6. The van der Waals surface area contributed by atoms with Crippen LogP contribution in [0, 0.1) is 11.3 Å². The molecule has 2 amide bonds. The number of urea groups is 1. The van der Waals surface area contributed by atoms with E-state index in [0.29, 0.717) is 11.4 Å². The van der Waals surface area contributed by atoms with E-state index in [-0.39, 0.29) is 11.9 Å². The molecular weight excluding hydrogens is 417 g/mol. The maximum Gasteiger partial charge on any atom is 0.494 e. The zero-order valence-corrected chi connectivity index (χ0v) is 19.6. The summed E-state index contributed by atoms with van der Waals surface area (Å²) in [6.45, 7) is 8.08. The van der Waals surface area contributed by atoms with Crippen LogP contribution in [0.25, 0.3) is 0 Å². The lowest BCUT2D eigenvalue weighted by atomic mass is 9.79. The molecule has 172 valence electrons. The molecule has 1 saturated carbocycles. The van der Waals surface area contributed by atoms with Crippen LogP contribution in [-0.4, -0.2) is 34.3 Å². The first-order valence-corrected chi connectivity index (χ1v) is 11.4. The zero-order chi connectivity index (χ0) is 23.7. The Labute approximate surface area is 195 Å². The van der Waals surface area contributed by atoms with Crippen molar-refractivity contribution >= 4 is 24.3 Å². The van der Waals surface area contributed by atoms with Gasteiger partial charge in [-0.3, -0.25) is 0 Å². The van der Waals surface area contributed by atoms with Gasteiger partial charge >= 0.3 is 13.1 Å². The van der Waals surface area contributed by atoms with Crippen molar-refractivity contribution < 1.29 is 14.1 Å². The molecule has 2 aliphatic rings. The minimum absolute atomic E-state index is 0.109. The van der Waals surface area contributed by atoms with Crippen molar-refractivity contribution in [3.8, 4) is 6.07 Å². The van der Waals surface area contributed by atoms with E-state index in [4.69, 9.17) is 9.31 Å². The second-order valence-electron chi connectivity index (χ2n) is 9.81. The Morgan fingerprint density at radius 1 is 1.03 bits per heavy atom. The van der Waals surface area contributed by atoms with Gasteiger partial charge < -0.3 is 19.9 Å². The summed E-state index contributed by atoms with van der Waals surface area (Å²) >= 11 is 0. The molecule has 2 N–H and O–H groups in total. The fraction of sp³-hybridized carbons (Fsp3) is 0.500. The molecule has 1 aliphatic carbocycles. The highest BCUT2D eigenvalue weighted by molar-refractivity contribution is 6.62. The average molecular weight is 447 g/mol. The predicted octanol–water partition coefficient (Wildman–Crippen LogP) is 3.63. The van der Waals surface area contributed by atoms with E-state index in [0.717, 1.165) is 37.6 Å². The lowest BCUT2D eigenvalue weighted by Gasteiger charge is -2.37. The summed E-state index contributed by atoms with van der Waals surface area (Å²) in [5.74, 6) is 0.109. The van der Waals surface area contributed by atoms with Crippen LogP contribution in [0.5, 0.6) is 0 Å². The summed E-state index contributed by atoms with van der Waals surface area (Å²) in [5, 5.41) is 15.3. The average Bonchev–Trinajstić information content (AvgIpc) is 3.01. The highest BCUT2D eigenvalue weighted by Gasteiger charge is 2.51. The number of amides is 2. The third-order valence-electron chi connectivity index (χ3n) is 7.00. The number of carbonyl (C=O) groups is 1. The van der Waals surface area contributed by atoms with Crippen LogP contribution in [0.3, 0.4) is 0 Å². The number of aromatic nitrogens is 2. The Kier molecular flexibility index (Phi) is 6.17. The Morgan fingerprint density at radius 3 is 2.27 bits per heavy atom. The van der Waals surface area contributed by atoms with Gasteiger partial charge in [0.1, 0.15) is 6.07 Å². The first kappa shape index (κ1) is 23.2. The summed E-state index contributed by atoms with van der Waals surface area (Å²) in [5.41, 5.74) is 0.816. The van der Waals surface area contributed by atoms with Gasteiger partial charge in [0.25, 0.3) is 0 Å². The number of anilines is 1. The standard InChI is InChI=1S/C24H30BN5O3/c1-22(2)23(3,4)33-25(32-22)17-8-10-18(11-9-17)28-21(31)30-24(13-6-5-7-14-24)19-12-15-27-20(16-26)29-19/h8-12,15H,5-7,13-14H2,1-4H3,(H2,28,30,31). The van der Waals surface area contributed by atoms with E-state index in [1.165, 1.54) is 0 Å². The van der Waals surface area contributed by atoms with Gasteiger partial charge in [-0.25, -0.2) is 14.8 Å². The Morgan fingerprint density at radius 2 is 1.67 bits per heavy atom. The van der Waals surface area contributed by atoms with Crippen LogP contribution in [-0.2, 0) is 14.8 Å². The van der Waals surface area contributed by atoms with Crippen molar-refractivity contribution in [2.45, 2.75) is 76.5 Å². The van der Waals surface area contributed by atoms with E-state index in [1.807, 2.05) is 58.0 Å². The Bertz CT molecular complexity index is 1040. The number of nitriles is 1. The minimum atomic E-state index is -0.612. The maximum atomic E-state index is 12.9. The van der Waals surface area contributed by atoms with Crippen molar-refractivity contribution in [2.24, 2.45) is 0 Å². The molecule has 9 heteroatoms. The van der Waals surface area contributed by atoms with Gasteiger partial charge in [0.15, 0.2) is 0 Å². The predicted molar refractivity (Wildman–Crippen MR) is 126 cm³/mol. The molecule has 8 nitrogen and oxygen atoms in total. The summed E-state index contributed by atoms with van der Waals surface area (Å²) < 4.78 is 12.2. The van der Waals surface area contributed by atoms with Crippen LogP contribution >= 0.6 is 0 Å². The number of nitrogens with zero attached hydrogens (tertiary/aromatic N) is 3. The minimum Gasteiger partial charge on any atom is -0.399 e. The van der Waals surface area contributed by atoms with E-state index < -0.39 is 23.9 Å². The summed E-state index contributed by atoms with van der Waals surface area (Å²) in [6, 6.07) is 10.9. The van der Waals surface area contributed by atoms with Crippen LogP contribution in [0.15, 0.2) is 36.5 Å². The van der Waals surface area contributed by atoms with Crippen LogP contribution in [0.4, 0.5) is 10.5 Å². The van der Waals surface area contributed by atoms with Crippen LogP contribution in [0.1, 0.15) is 71.3 Å². The van der Waals surface area contributed by atoms with Crippen molar-refractivity contribution in [1.82, 2.24) is 15.3 Å². The molecule has 33 heavy (non-hydrogen) atoms. The van der Waals surface area contributed by atoms with E-state index in [1.54, 1.807) is 12.3 Å². The molecule has 0 unspecified atom stereocenters. The van der Waals surface area contributed by atoms with E-state index in [9.17, 15) is 10.1 Å². The van der Waals surface area contributed by atoms with Gasteiger partial charge in [0, 0.05) is 11.9 Å². The molecule has 2 fully saturated rings. The fourth-order valence-electron chi connectivity index (χ4n) is 4.36. The lowest BCUT2D eigenvalue weighted by molar-refractivity contribution is 0.00578. The highest BCUT2D eigenvalue weighted by atomic mass is 16.7. The number of hydrogen-bond donors (Lipinski definition) is 2. The first-order valence-electron chi connectivity index (χ1n) is 11.4. The molecule has 1 aromatic heterocycles. The molecule has 1 aromatic carbocycles. The van der Waals surface area contributed by atoms with Crippen molar-refractivity contribution in [3.05, 3.63) is 48.0 Å². The fourth-order valence-corrected chi connectivity index (χ4v) is 4.36. The monoisotopic (exact) mass is 447 g/mol. The molecule has 2 aromatic rings. The lowest BCUT2D eigenvalue weighted by Crippen LogP contribution is -2.49. The van der Waals surface area contributed by atoms with Gasteiger partial charge in [0.05, 0.1) is 22.4 Å². The largest absolute Gasteiger partial charge is 0.494 e. The quantitative estimate of drug-likeness (QED) is 0.693. The van der Waals surface area contributed by atoms with Gasteiger partial charge in [-0.2, -0.15) is 5.26 Å². The number of hydrogen-bond acceptors (Lipinski definition) is 6. The molecule has 1 aliphatic heterocycles. The van der Waals surface area contributed by atoms with Crippen molar-refractivity contribution in [2.75, 3.05) is 5.32 Å². The van der Waals surface area contributed by atoms with Crippen molar-refractivity contribution in [3.63, 3.8) is 0 Å². The summed E-state index contributed by atoms with van der Waals surface area (Å²) in [6.07, 6.45) is 6.18. The molecular formula is C24H30BN5O3. The van der Waals surface area contributed by atoms with Crippen LogP contribution in [0.2, 0.25) is 0 Å². The van der Waals surface area contributed by atoms with Gasteiger partial charge in [0.2, 0.25) is 5.82 Å². The molecule has 1 saturated heterocycles. The van der Waals surface area contributed by atoms with E-state index in [2.05, 4.69) is 20.6 Å². The van der Waals surface area contributed by atoms with Gasteiger partial charge in [-0.05, 0) is 64.2 Å². The third-order valence-corrected chi connectivity index (χ3v) is 7.00. The second-order valence-corrected chi connectivity index (χ2v) is 9.81. The number of nitrogens with one attached hydrogen (secondary N) is 2. The summed E-state index contributed by atoms with van der Waals surface area (Å²) in [4.78, 5) is 21.3. The van der Waals surface area contributed by atoms with Crippen LogP contribution < -0.4 is 16.1 Å². The smallest absolute Gasteiger partial charge is 0.399 e. The van der Waals surface area contributed by atoms with Gasteiger partial charge in [-0.1, -0.05) is 31.4 Å². The number of carbonyl (C=O) groups excluding carboxylic acids is 1. The third kappa shape index (κ3) is 4.73. The number of rotatable bonds is 4. The normalized spacial score (nSPS) is 20.6. The maximum absolute atomic E-state index is 12.9. The Hall–Kier alpha value is -2.96. The highest BCUT2D eigenvalue weighted by Crippen LogP contribution is 2.37. The molecule has 0 bridgehead atoms. The number of benzene rings is 1. The summed E-state index contributed by atoms with van der Waals surface area (Å²) in [7, 11) is -0.449. The molecule has 0 atom stereocenters. The Balaban J connectivity index is 1.46. The molecule has 2 heterocycles.